The smallest absolute Gasteiger partial charge is 0.387 e. The van der Waals surface area contributed by atoms with E-state index in [0.29, 0.717) is 12.2 Å². The van der Waals surface area contributed by atoms with Crippen LogP contribution in [0.1, 0.15) is 108 Å². The quantitative estimate of drug-likeness (QED) is 0.273. The Bertz CT molecular complexity index is 783. The Morgan fingerprint density at radius 2 is 1.39 bits per heavy atom. The summed E-state index contributed by atoms with van der Waals surface area (Å²) in [7, 11) is 0. The molecule has 0 fully saturated rings. The van der Waals surface area contributed by atoms with E-state index in [0.717, 1.165) is 64.4 Å². The number of allylic oxidation sites excluding steroid dienone is 2. The lowest BCUT2D eigenvalue weighted by atomic mass is 9.91. The molecule has 1 aliphatic heterocycles. The van der Waals surface area contributed by atoms with Crippen molar-refractivity contribution in [3.63, 3.8) is 0 Å². The van der Waals surface area contributed by atoms with Gasteiger partial charge in [0.05, 0.1) is 0 Å². The van der Waals surface area contributed by atoms with E-state index in [1.807, 2.05) is 20.8 Å². The van der Waals surface area contributed by atoms with E-state index in [2.05, 4.69) is 33.8 Å². The van der Waals surface area contributed by atoms with Crippen molar-refractivity contribution in [1.29, 1.82) is 0 Å². The molecule has 2 unspecified atom stereocenters. The molecule has 0 spiro atoms. The van der Waals surface area contributed by atoms with E-state index < -0.39 is 6.61 Å². The van der Waals surface area contributed by atoms with Gasteiger partial charge in [-0.1, -0.05) is 72.6 Å². The second kappa shape index (κ2) is 13.3. The van der Waals surface area contributed by atoms with Crippen LogP contribution in [0.15, 0.2) is 11.8 Å². The molecule has 0 aromatic heterocycles. The van der Waals surface area contributed by atoms with Gasteiger partial charge in [-0.25, -0.2) is 0 Å². The lowest BCUT2D eigenvalue weighted by Crippen LogP contribution is -2.13. The lowest BCUT2D eigenvalue weighted by Gasteiger charge is -2.25. The van der Waals surface area contributed by atoms with E-state index in [4.69, 9.17) is 9.47 Å². The number of ether oxygens (including phenoxy) is 2. The summed E-state index contributed by atoms with van der Waals surface area (Å²) < 4.78 is 36.7. The van der Waals surface area contributed by atoms with Gasteiger partial charge in [-0.2, -0.15) is 8.78 Å². The fraction of sp³-hybridized carbons (Fsp3) is 0.724. The van der Waals surface area contributed by atoms with Gasteiger partial charge in [0.25, 0.3) is 0 Å². The van der Waals surface area contributed by atoms with Crippen LogP contribution in [0, 0.1) is 38.5 Å². The van der Waals surface area contributed by atoms with E-state index in [-0.39, 0.29) is 0 Å². The summed E-state index contributed by atoms with van der Waals surface area (Å²) in [4.78, 5) is 0. The Kier molecular flexibility index (Phi) is 11.2. The lowest BCUT2D eigenvalue weighted by molar-refractivity contribution is -0.0508. The largest absolute Gasteiger partial charge is 0.461 e. The predicted molar refractivity (Wildman–Crippen MR) is 134 cm³/mol. The SMILES string of the molecule is Cc1c(C)c2c(c(C)c1OC(F)F)CC=C(CCCC(C)CCCC(C)CCCC(C)C)O2. The maximum Gasteiger partial charge on any atom is 0.387 e. The number of halogens is 2. The molecular formula is C29H46F2O2. The summed E-state index contributed by atoms with van der Waals surface area (Å²) in [5, 5.41) is 0. The van der Waals surface area contributed by atoms with Gasteiger partial charge in [-0.3, -0.25) is 0 Å². The van der Waals surface area contributed by atoms with E-state index in [9.17, 15) is 8.78 Å². The van der Waals surface area contributed by atoms with Crippen LogP contribution in [0.3, 0.4) is 0 Å². The minimum Gasteiger partial charge on any atom is -0.461 e. The third-order valence-corrected chi connectivity index (χ3v) is 7.28. The number of hydrogen-bond donors (Lipinski definition) is 0. The van der Waals surface area contributed by atoms with Gasteiger partial charge in [0.15, 0.2) is 0 Å². The number of rotatable bonds is 14. The molecule has 0 aliphatic carbocycles. The van der Waals surface area contributed by atoms with Gasteiger partial charge in [-0.15, -0.1) is 0 Å². The fourth-order valence-electron chi connectivity index (χ4n) is 4.95. The summed E-state index contributed by atoms with van der Waals surface area (Å²) in [5.74, 6) is 4.55. The number of fused-ring (bicyclic) bond motifs is 1. The molecule has 0 N–H and O–H groups in total. The van der Waals surface area contributed by atoms with Crippen LogP contribution in [-0.2, 0) is 6.42 Å². The summed E-state index contributed by atoms with van der Waals surface area (Å²) in [5.41, 5.74) is 3.36. The second-order valence-corrected chi connectivity index (χ2v) is 10.7. The minimum atomic E-state index is -2.81. The Balaban J connectivity index is 1.76. The molecule has 0 radical (unpaired) electrons. The minimum absolute atomic E-state index is 0.296. The average molecular weight is 465 g/mol. The van der Waals surface area contributed by atoms with Crippen LogP contribution >= 0.6 is 0 Å². The zero-order valence-corrected chi connectivity index (χ0v) is 22.0. The van der Waals surface area contributed by atoms with E-state index >= 15 is 0 Å². The summed E-state index contributed by atoms with van der Waals surface area (Å²) in [6.45, 7) is 12.2. The Morgan fingerprint density at radius 1 is 0.818 bits per heavy atom. The van der Waals surface area contributed by atoms with Crippen molar-refractivity contribution in [2.45, 2.75) is 119 Å². The summed E-state index contributed by atoms with van der Waals surface area (Å²) in [6.07, 6.45) is 14.2. The third kappa shape index (κ3) is 8.61. The Labute approximate surface area is 201 Å². The van der Waals surface area contributed by atoms with Crippen molar-refractivity contribution in [3.8, 4) is 11.5 Å². The van der Waals surface area contributed by atoms with Gasteiger partial charge < -0.3 is 9.47 Å². The monoisotopic (exact) mass is 464 g/mol. The summed E-state index contributed by atoms with van der Waals surface area (Å²) >= 11 is 0. The van der Waals surface area contributed by atoms with Crippen molar-refractivity contribution >= 4 is 0 Å². The van der Waals surface area contributed by atoms with Gasteiger partial charge >= 0.3 is 6.61 Å². The van der Waals surface area contributed by atoms with Crippen LogP contribution in [0.2, 0.25) is 0 Å². The molecule has 1 aromatic carbocycles. The molecular weight excluding hydrogens is 418 g/mol. The normalized spacial score (nSPS) is 15.3. The number of benzene rings is 1. The summed E-state index contributed by atoms with van der Waals surface area (Å²) in [6, 6.07) is 0. The molecule has 0 saturated heterocycles. The Morgan fingerprint density at radius 3 is 1.97 bits per heavy atom. The zero-order valence-electron chi connectivity index (χ0n) is 22.0. The number of hydrogen-bond acceptors (Lipinski definition) is 2. The van der Waals surface area contributed by atoms with Crippen molar-refractivity contribution in [3.05, 3.63) is 34.1 Å². The average Bonchev–Trinajstić information content (AvgIpc) is 2.74. The van der Waals surface area contributed by atoms with Crippen molar-refractivity contribution < 1.29 is 18.3 Å². The first kappa shape index (κ1) is 27.7. The van der Waals surface area contributed by atoms with Crippen molar-refractivity contribution in [1.82, 2.24) is 0 Å². The van der Waals surface area contributed by atoms with Crippen LogP contribution in [0.25, 0.3) is 0 Å². The van der Waals surface area contributed by atoms with Crippen molar-refractivity contribution in [2.75, 3.05) is 0 Å². The topological polar surface area (TPSA) is 18.5 Å². The van der Waals surface area contributed by atoms with E-state index in [1.165, 1.54) is 44.9 Å². The van der Waals surface area contributed by atoms with Crippen LogP contribution in [0.5, 0.6) is 11.5 Å². The first-order valence-corrected chi connectivity index (χ1v) is 13.0. The maximum atomic E-state index is 12.8. The molecule has 33 heavy (non-hydrogen) atoms. The first-order valence-electron chi connectivity index (χ1n) is 13.0. The molecule has 4 heteroatoms. The fourth-order valence-corrected chi connectivity index (χ4v) is 4.95. The molecule has 188 valence electrons. The third-order valence-electron chi connectivity index (χ3n) is 7.28. The van der Waals surface area contributed by atoms with Crippen LogP contribution in [-0.4, -0.2) is 6.61 Å². The standard InChI is InChI=1S/C29H46F2O2/c1-19(2)11-8-12-20(3)13-9-14-21(4)15-10-16-25-17-18-26-24(7)27(33-29(30)31)22(5)23(6)28(26)32-25/h17,19-21,29H,8-16,18H2,1-7H3. The molecule has 0 amide bonds. The highest BCUT2D eigenvalue weighted by Gasteiger charge is 2.24. The maximum absolute atomic E-state index is 12.8. The van der Waals surface area contributed by atoms with Gasteiger partial charge in [0, 0.05) is 12.0 Å². The molecule has 0 bridgehead atoms. The van der Waals surface area contributed by atoms with Gasteiger partial charge in [-0.05, 0) is 74.1 Å². The number of alkyl halides is 2. The molecule has 1 aromatic rings. The van der Waals surface area contributed by atoms with Crippen molar-refractivity contribution in [2.24, 2.45) is 17.8 Å². The molecule has 0 saturated carbocycles. The Hall–Kier alpha value is -1.58. The van der Waals surface area contributed by atoms with Gasteiger partial charge in [0.2, 0.25) is 0 Å². The second-order valence-electron chi connectivity index (χ2n) is 10.7. The van der Waals surface area contributed by atoms with Gasteiger partial charge in [0.1, 0.15) is 17.3 Å². The zero-order chi connectivity index (χ0) is 24.5. The van der Waals surface area contributed by atoms with E-state index in [1.54, 1.807) is 0 Å². The van der Waals surface area contributed by atoms with Crippen LogP contribution in [0.4, 0.5) is 8.78 Å². The highest BCUT2D eigenvalue weighted by atomic mass is 19.3. The molecule has 1 aliphatic rings. The highest BCUT2D eigenvalue weighted by molar-refractivity contribution is 5.59. The molecule has 1 heterocycles. The highest BCUT2D eigenvalue weighted by Crippen LogP contribution is 2.42. The van der Waals surface area contributed by atoms with Crippen LogP contribution < -0.4 is 9.47 Å². The molecule has 2 nitrogen and oxygen atoms in total. The predicted octanol–water partition coefficient (Wildman–Crippen LogP) is 9.47. The first-order chi connectivity index (χ1) is 15.6. The molecule has 2 rings (SSSR count). The molecule has 2 atom stereocenters.